The molecule has 0 unspecified atom stereocenters. The van der Waals surface area contributed by atoms with Crippen LogP contribution < -0.4 is 5.73 Å². The molecule has 1 aliphatic heterocycles. The lowest BCUT2D eigenvalue weighted by atomic mass is 10.1. The molecule has 2 amide bonds. The Morgan fingerprint density at radius 3 is 2.70 bits per heavy atom. The topological polar surface area (TPSA) is 63.4 Å². The molecule has 1 atom stereocenters. The van der Waals surface area contributed by atoms with Crippen molar-refractivity contribution in [2.75, 3.05) is 13.1 Å². The minimum absolute atomic E-state index is 0.153. The van der Waals surface area contributed by atoms with Crippen LogP contribution >= 0.6 is 23.2 Å². The number of carbonyl (C=O) groups is 2. The van der Waals surface area contributed by atoms with Crippen LogP contribution in [0.3, 0.4) is 0 Å². The second kappa shape index (κ2) is 6.29. The summed E-state index contributed by atoms with van der Waals surface area (Å²) in [5, 5.41) is 1.03. The highest BCUT2D eigenvalue weighted by atomic mass is 35.5. The average Bonchev–Trinajstić information content (AvgIpc) is 2.87. The summed E-state index contributed by atoms with van der Waals surface area (Å²) in [6.45, 7) is 0.929. The molecule has 0 bridgehead atoms. The highest BCUT2D eigenvalue weighted by Gasteiger charge is 2.28. The van der Waals surface area contributed by atoms with Crippen LogP contribution in [0.25, 0.3) is 6.08 Å². The second-order valence-corrected chi connectivity index (χ2v) is 5.52. The summed E-state index contributed by atoms with van der Waals surface area (Å²) in [6.07, 6.45) is 3.70. The van der Waals surface area contributed by atoms with Gasteiger partial charge in [0.2, 0.25) is 11.8 Å². The lowest BCUT2D eigenvalue weighted by Crippen LogP contribution is -2.30. The molecule has 0 radical (unpaired) electrons. The van der Waals surface area contributed by atoms with Gasteiger partial charge >= 0.3 is 0 Å². The van der Waals surface area contributed by atoms with Crippen LogP contribution in [0.2, 0.25) is 10.0 Å². The van der Waals surface area contributed by atoms with E-state index in [4.69, 9.17) is 28.9 Å². The third kappa shape index (κ3) is 3.52. The van der Waals surface area contributed by atoms with Crippen molar-refractivity contribution in [2.24, 2.45) is 11.7 Å². The molecule has 1 saturated heterocycles. The molecule has 20 heavy (non-hydrogen) atoms. The normalized spacial score (nSPS) is 18.7. The van der Waals surface area contributed by atoms with Gasteiger partial charge in [0.15, 0.2) is 0 Å². The zero-order valence-corrected chi connectivity index (χ0v) is 12.2. The van der Waals surface area contributed by atoms with Crippen LogP contribution in [-0.4, -0.2) is 29.8 Å². The fraction of sp³-hybridized carbons (Fsp3) is 0.286. The molecule has 1 aromatic carbocycles. The number of nitrogens with zero attached hydrogens (tertiary/aromatic N) is 1. The van der Waals surface area contributed by atoms with E-state index in [1.165, 1.54) is 6.08 Å². The fourth-order valence-corrected chi connectivity index (χ4v) is 2.57. The van der Waals surface area contributed by atoms with Crippen molar-refractivity contribution in [3.8, 4) is 0 Å². The monoisotopic (exact) mass is 312 g/mol. The first-order valence-corrected chi connectivity index (χ1v) is 6.94. The molecule has 1 aliphatic rings. The van der Waals surface area contributed by atoms with Crippen LogP contribution in [0, 0.1) is 5.92 Å². The molecule has 0 aromatic heterocycles. The minimum atomic E-state index is -0.356. The van der Waals surface area contributed by atoms with E-state index in [1.807, 2.05) is 0 Å². The molecule has 1 fully saturated rings. The summed E-state index contributed by atoms with van der Waals surface area (Å²) in [4.78, 5) is 24.7. The average molecular weight is 313 g/mol. The van der Waals surface area contributed by atoms with Gasteiger partial charge in [-0.1, -0.05) is 29.3 Å². The van der Waals surface area contributed by atoms with Gasteiger partial charge in [-0.05, 0) is 30.2 Å². The lowest BCUT2D eigenvalue weighted by molar-refractivity contribution is -0.125. The zero-order chi connectivity index (χ0) is 14.7. The van der Waals surface area contributed by atoms with Crippen LogP contribution in [0.1, 0.15) is 12.0 Å². The molecule has 106 valence electrons. The van der Waals surface area contributed by atoms with E-state index in [0.717, 1.165) is 5.56 Å². The molecule has 0 aliphatic carbocycles. The first-order valence-electron chi connectivity index (χ1n) is 6.18. The van der Waals surface area contributed by atoms with Gasteiger partial charge in [-0.25, -0.2) is 0 Å². The Balaban J connectivity index is 2.01. The number of hydrogen-bond donors (Lipinski definition) is 1. The van der Waals surface area contributed by atoms with Crippen LogP contribution in [0.15, 0.2) is 24.3 Å². The Hall–Kier alpha value is -1.52. The van der Waals surface area contributed by atoms with Crippen LogP contribution in [-0.2, 0) is 9.59 Å². The Bertz CT molecular complexity index is 572. The Morgan fingerprint density at radius 1 is 1.35 bits per heavy atom. The number of hydrogen-bond acceptors (Lipinski definition) is 2. The number of benzene rings is 1. The zero-order valence-electron chi connectivity index (χ0n) is 10.7. The molecule has 0 saturated carbocycles. The van der Waals surface area contributed by atoms with Gasteiger partial charge in [-0.15, -0.1) is 0 Å². The van der Waals surface area contributed by atoms with E-state index in [-0.39, 0.29) is 17.7 Å². The minimum Gasteiger partial charge on any atom is -0.369 e. The lowest BCUT2D eigenvalue weighted by Gasteiger charge is -2.13. The van der Waals surface area contributed by atoms with E-state index in [0.29, 0.717) is 29.6 Å². The fourth-order valence-electron chi connectivity index (χ4n) is 2.10. The molecule has 1 heterocycles. The summed E-state index contributed by atoms with van der Waals surface area (Å²) < 4.78 is 0. The Kier molecular flexibility index (Phi) is 4.68. The number of amides is 2. The first kappa shape index (κ1) is 14.9. The SMILES string of the molecule is NC(=O)[C@@H]1CCN(C(=O)/C=C/c2ccc(Cl)cc2Cl)C1. The Morgan fingerprint density at radius 2 is 2.10 bits per heavy atom. The molecular formula is C14H14Cl2N2O2. The number of carbonyl (C=O) groups excluding carboxylic acids is 2. The van der Waals surface area contributed by atoms with Crippen LogP contribution in [0.5, 0.6) is 0 Å². The first-order chi connectivity index (χ1) is 9.47. The summed E-state index contributed by atoms with van der Waals surface area (Å²) in [7, 11) is 0. The van der Waals surface area contributed by atoms with E-state index in [2.05, 4.69) is 0 Å². The number of halogens is 2. The molecular weight excluding hydrogens is 299 g/mol. The van der Waals surface area contributed by atoms with E-state index in [9.17, 15) is 9.59 Å². The molecule has 6 heteroatoms. The van der Waals surface area contributed by atoms with Crippen molar-refractivity contribution in [3.05, 3.63) is 39.9 Å². The maximum Gasteiger partial charge on any atom is 0.246 e. The highest BCUT2D eigenvalue weighted by Crippen LogP contribution is 2.22. The van der Waals surface area contributed by atoms with E-state index >= 15 is 0 Å². The quantitative estimate of drug-likeness (QED) is 0.871. The molecule has 2 N–H and O–H groups in total. The van der Waals surface area contributed by atoms with E-state index < -0.39 is 0 Å². The number of rotatable bonds is 3. The van der Waals surface area contributed by atoms with Gasteiger partial charge in [0.1, 0.15) is 0 Å². The van der Waals surface area contributed by atoms with Gasteiger partial charge in [0.05, 0.1) is 5.92 Å². The molecule has 1 aromatic rings. The Labute approximate surface area is 127 Å². The van der Waals surface area contributed by atoms with Gasteiger partial charge in [-0.3, -0.25) is 9.59 Å². The molecule has 2 rings (SSSR count). The second-order valence-electron chi connectivity index (χ2n) is 4.67. The predicted molar refractivity (Wildman–Crippen MR) is 79.4 cm³/mol. The summed E-state index contributed by atoms with van der Waals surface area (Å²) >= 11 is 11.8. The van der Waals surface area contributed by atoms with Crippen LogP contribution in [0.4, 0.5) is 0 Å². The van der Waals surface area contributed by atoms with Crippen molar-refractivity contribution in [1.29, 1.82) is 0 Å². The largest absolute Gasteiger partial charge is 0.369 e. The molecule has 4 nitrogen and oxygen atoms in total. The predicted octanol–water partition coefficient (Wildman–Crippen LogP) is 2.34. The number of nitrogens with two attached hydrogens (primary N) is 1. The van der Waals surface area contributed by atoms with Crippen molar-refractivity contribution >= 4 is 41.1 Å². The number of likely N-dealkylation sites (tertiary alicyclic amines) is 1. The highest BCUT2D eigenvalue weighted by molar-refractivity contribution is 6.35. The number of primary amides is 1. The maximum absolute atomic E-state index is 12.0. The summed E-state index contributed by atoms with van der Waals surface area (Å²) in [5.74, 6) is -0.753. The smallest absolute Gasteiger partial charge is 0.246 e. The van der Waals surface area contributed by atoms with Gasteiger partial charge in [-0.2, -0.15) is 0 Å². The van der Waals surface area contributed by atoms with Crippen molar-refractivity contribution in [3.63, 3.8) is 0 Å². The van der Waals surface area contributed by atoms with Crippen molar-refractivity contribution < 1.29 is 9.59 Å². The summed E-state index contributed by atoms with van der Waals surface area (Å²) in [5.41, 5.74) is 5.95. The maximum atomic E-state index is 12.0. The van der Waals surface area contributed by atoms with E-state index in [1.54, 1.807) is 29.2 Å². The van der Waals surface area contributed by atoms with Gasteiger partial charge < -0.3 is 10.6 Å². The summed E-state index contributed by atoms with van der Waals surface area (Å²) in [6, 6.07) is 5.06. The third-order valence-corrected chi connectivity index (χ3v) is 3.83. The molecule has 0 spiro atoms. The third-order valence-electron chi connectivity index (χ3n) is 3.27. The van der Waals surface area contributed by atoms with Crippen molar-refractivity contribution in [2.45, 2.75) is 6.42 Å². The standard InChI is InChI=1S/C14H14Cl2N2O2/c15-11-3-1-9(12(16)7-11)2-4-13(19)18-6-5-10(8-18)14(17)20/h1-4,7,10H,5-6,8H2,(H2,17,20)/b4-2+/t10-/m1/s1. The van der Waals surface area contributed by atoms with Gasteiger partial charge in [0.25, 0.3) is 0 Å². The van der Waals surface area contributed by atoms with Gasteiger partial charge in [0, 0.05) is 29.2 Å². The van der Waals surface area contributed by atoms with Crippen molar-refractivity contribution in [1.82, 2.24) is 4.90 Å².